The van der Waals surface area contributed by atoms with Gasteiger partial charge >= 0.3 is 17.2 Å². The molecule has 2 N–H and O–H groups in total. The Bertz CT molecular complexity index is 543. The van der Waals surface area contributed by atoms with Gasteiger partial charge in [0.1, 0.15) is 6.04 Å². The van der Waals surface area contributed by atoms with Crippen molar-refractivity contribution in [2.45, 2.75) is 76.9 Å². The van der Waals surface area contributed by atoms with Gasteiger partial charge in [-0.25, -0.2) is 9.59 Å². The van der Waals surface area contributed by atoms with E-state index in [1.54, 1.807) is 0 Å². The quantitative estimate of drug-likeness (QED) is 0.504. The number of rotatable bonds is 7. The molecular weight excluding hydrogens is 362 g/mol. The van der Waals surface area contributed by atoms with E-state index in [0.29, 0.717) is 11.8 Å². The van der Waals surface area contributed by atoms with Gasteiger partial charge in [0.2, 0.25) is 12.2 Å². The van der Waals surface area contributed by atoms with Crippen molar-refractivity contribution in [3.63, 3.8) is 0 Å². The van der Waals surface area contributed by atoms with Crippen LogP contribution in [0.5, 0.6) is 0 Å². The van der Waals surface area contributed by atoms with Gasteiger partial charge in [-0.3, -0.25) is 9.59 Å². The normalized spacial score (nSPS) is 17.7. The number of thioether (sulfide) groups is 1. The highest BCUT2D eigenvalue weighted by molar-refractivity contribution is 8.14. The van der Waals surface area contributed by atoms with Crippen LogP contribution in [0.15, 0.2) is 0 Å². The van der Waals surface area contributed by atoms with Crippen LogP contribution >= 0.6 is 11.8 Å². The Morgan fingerprint density at radius 2 is 1.69 bits per heavy atom. The largest absolute Gasteiger partial charge is 0.480 e. The molecule has 0 aromatic carbocycles. The van der Waals surface area contributed by atoms with Gasteiger partial charge in [-0.05, 0) is 38.5 Å². The van der Waals surface area contributed by atoms with Gasteiger partial charge in [0.05, 0.1) is 10.7 Å². The SMILES string of the molecule is CC(=O)N[C@@H](C(=O)O)C(C)(C)SC(=O)O[C@@H](C)OC(=O)C1CCCCC1. The first-order valence-corrected chi connectivity index (χ1v) is 9.44. The Morgan fingerprint density at radius 1 is 1.12 bits per heavy atom. The molecule has 0 radical (unpaired) electrons. The fourth-order valence-electron chi connectivity index (χ4n) is 2.79. The first-order valence-electron chi connectivity index (χ1n) is 8.63. The highest BCUT2D eigenvalue weighted by Gasteiger charge is 2.39. The molecule has 26 heavy (non-hydrogen) atoms. The van der Waals surface area contributed by atoms with E-state index in [-0.39, 0.29) is 11.9 Å². The van der Waals surface area contributed by atoms with E-state index < -0.39 is 34.3 Å². The van der Waals surface area contributed by atoms with Crippen molar-refractivity contribution in [1.29, 1.82) is 0 Å². The van der Waals surface area contributed by atoms with Crippen LogP contribution in [0.4, 0.5) is 4.79 Å². The predicted octanol–water partition coefficient (Wildman–Crippen LogP) is 2.69. The molecule has 0 bridgehead atoms. The zero-order chi connectivity index (χ0) is 19.9. The molecule has 0 saturated heterocycles. The summed E-state index contributed by atoms with van der Waals surface area (Å²) >= 11 is 0.623. The molecule has 1 amide bonds. The summed E-state index contributed by atoms with van der Waals surface area (Å²) < 4.78 is 9.06. The van der Waals surface area contributed by atoms with Crippen LogP contribution in [0, 0.1) is 5.92 Å². The van der Waals surface area contributed by atoms with Crippen molar-refractivity contribution >= 4 is 34.9 Å². The van der Waals surface area contributed by atoms with E-state index in [1.807, 2.05) is 0 Å². The number of carboxylic acid groups (broad SMARTS) is 1. The number of esters is 1. The van der Waals surface area contributed by atoms with Gasteiger partial charge in [0.15, 0.2) is 0 Å². The number of carboxylic acids is 1. The van der Waals surface area contributed by atoms with Crippen molar-refractivity contribution in [1.82, 2.24) is 5.32 Å². The van der Waals surface area contributed by atoms with Crippen LogP contribution in [-0.2, 0) is 23.9 Å². The lowest BCUT2D eigenvalue weighted by Gasteiger charge is -2.30. The summed E-state index contributed by atoms with van der Waals surface area (Å²) in [5.74, 6) is -2.32. The molecule has 0 aromatic rings. The van der Waals surface area contributed by atoms with Gasteiger partial charge in [-0.2, -0.15) is 0 Å². The topological polar surface area (TPSA) is 119 Å². The Labute approximate surface area is 157 Å². The molecule has 0 aromatic heterocycles. The fraction of sp³-hybridized carbons (Fsp3) is 0.765. The lowest BCUT2D eigenvalue weighted by Crippen LogP contribution is -2.52. The summed E-state index contributed by atoms with van der Waals surface area (Å²) in [5, 5.41) is 10.8. The Kier molecular flexibility index (Phi) is 8.39. The van der Waals surface area contributed by atoms with Crippen LogP contribution in [0.2, 0.25) is 0 Å². The summed E-state index contributed by atoms with van der Waals surface area (Å²) in [6, 6.07) is -1.28. The third-order valence-electron chi connectivity index (χ3n) is 4.12. The standard InChI is InChI=1S/C17H27NO7S/c1-10(19)18-13(14(20)21)17(3,4)26-16(23)25-11(2)24-15(22)12-8-6-5-7-9-12/h11-13H,5-9H2,1-4H3,(H,18,19)(H,20,21)/t11-,13-/m0/s1. The zero-order valence-corrected chi connectivity index (χ0v) is 16.4. The van der Waals surface area contributed by atoms with E-state index in [2.05, 4.69) is 5.32 Å². The van der Waals surface area contributed by atoms with Crippen molar-refractivity contribution < 1.29 is 33.8 Å². The average molecular weight is 389 g/mol. The maximum atomic E-state index is 12.1. The minimum absolute atomic E-state index is 0.162. The second-order valence-electron chi connectivity index (χ2n) is 6.88. The number of nitrogens with one attached hydrogen (secondary N) is 1. The van der Waals surface area contributed by atoms with Gasteiger partial charge in [0, 0.05) is 13.8 Å². The van der Waals surface area contributed by atoms with Crippen LogP contribution in [0.25, 0.3) is 0 Å². The molecule has 0 heterocycles. The predicted molar refractivity (Wildman–Crippen MR) is 95.5 cm³/mol. The smallest absolute Gasteiger partial charge is 0.370 e. The molecule has 2 atom stereocenters. The third kappa shape index (κ3) is 7.23. The lowest BCUT2D eigenvalue weighted by atomic mass is 9.89. The number of aliphatic carboxylic acids is 1. The summed E-state index contributed by atoms with van der Waals surface area (Å²) in [7, 11) is 0. The average Bonchev–Trinajstić information content (AvgIpc) is 2.51. The van der Waals surface area contributed by atoms with Crippen molar-refractivity contribution in [3.05, 3.63) is 0 Å². The molecule has 1 aliphatic rings. The molecule has 1 rings (SSSR count). The molecule has 9 heteroatoms. The second-order valence-corrected chi connectivity index (χ2v) is 8.47. The number of carbonyl (C=O) groups excluding carboxylic acids is 3. The third-order valence-corrected chi connectivity index (χ3v) is 5.14. The molecular formula is C17H27NO7S. The first kappa shape index (κ1) is 22.3. The number of hydrogen-bond donors (Lipinski definition) is 2. The summed E-state index contributed by atoms with van der Waals surface area (Å²) in [4.78, 5) is 46.7. The van der Waals surface area contributed by atoms with Crippen LogP contribution in [0.1, 0.15) is 59.8 Å². The molecule has 0 aliphatic heterocycles. The van der Waals surface area contributed by atoms with E-state index in [4.69, 9.17) is 9.47 Å². The summed E-state index contributed by atoms with van der Waals surface area (Å²) in [5.41, 5.74) is 0. The highest BCUT2D eigenvalue weighted by atomic mass is 32.2. The Hall–Kier alpha value is -1.77. The second kappa shape index (κ2) is 9.80. The van der Waals surface area contributed by atoms with Crippen LogP contribution in [0.3, 0.4) is 0 Å². The molecule has 1 saturated carbocycles. The highest BCUT2D eigenvalue weighted by Crippen LogP contribution is 2.31. The maximum absolute atomic E-state index is 12.1. The maximum Gasteiger partial charge on any atom is 0.370 e. The first-order chi connectivity index (χ1) is 12.0. The van der Waals surface area contributed by atoms with Crippen molar-refractivity contribution in [2.24, 2.45) is 5.92 Å². The van der Waals surface area contributed by atoms with E-state index in [9.17, 15) is 24.3 Å². The minimum atomic E-state index is -1.28. The molecule has 8 nitrogen and oxygen atoms in total. The molecule has 148 valence electrons. The monoisotopic (exact) mass is 389 g/mol. The summed E-state index contributed by atoms with van der Waals surface area (Å²) in [6.45, 7) is 5.65. The van der Waals surface area contributed by atoms with Crippen LogP contribution in [-0.4, -0.2) is 45.3 Å². The number of hydrogen-bond acceptors (Lipinski definition) is 7. The Balaban J connectivity index is 2.55. The zero-order valence-electron chi connectivity index (χ0n) is 15.6. The molecule has 0 spiro atoms. The fourth-order valence-corrected chi connectivity index (χ4v) is 3.68. The lowest BCUT2D eigenvalue weighted by molar-refractivity contribution is -0.169. The van der Waals surface area contributed by atoms with E-state index >= 15 is 0 Å². The van der Waals surface area contributed by atoms with Crippen molar-refractivity contribution in [2.75, 3.05) is 0 Å². The van der Waals surface area contributed by atoms with E-state index in [1.165, 1.54) is 27.7 Å². The van der Waals surface area contributed by atoms with Gasteiger partial charge in [-0.15, -0.1) is 0 Å². The van der Waals surface area contributed by atoms with Crippen LogP contribution < -0.4 is 5.32 Å². The Morgan fingerprint density at radius 3 is 2.19 bits per heavy atom. The number of amides is 1. The van der Waals surface area contributed by atoms with Gasteiger partial charge in [0.25, 0.3) is 0 Å². The molecule has 1 fully saturated rings. The van der Waals surface area contributed by atoms with E-state index in [0.717, 1.165) is 32.1 Å². The van der Waals surface area contributed by atoms with Crippen molar-refractivity contribution in [3.8, 4) is 0 Å². The van der Waals surface area contributed by atoms with Gasteiger partial charge in [-0.1, -0.05) is 19.3 Å². The molecule has 1 aliphatic carbocycles. The van der Waals surface area contributed by atoms with Gasteiger partial charge < -0.3 is 19.9 Å². The number of carbonyl (C=O) groups is 4. The minimum Gasteiger partial charge on any atom is -0.480 e. The molecule has 0 unspecified atom stereocenters. The summed E-state index contributed by atoms with van der Waals surface area (Å²) in [6.07, 6.45) is 3.56. The number of ether oxygens (including phenoxy) is 2.